The van der Waals surface area contributed by atoms with Crippen LogP contribution in [0.15, 0.2) is 12.1 Å². The van der Waals surface area contributed by atoms with Crippen LogP contribution < -0.4 is 4.74 Å². The monoisotopic (exact) mass is 190 g/mol. The van der Waals surface area contributed by atoms with Gasteiger partial charge in [-0.2, -0.15) is 0 Å². The Hall–Kier alpha value is -0.980. The molecule has 1 heterocycles. The Labute approximate surface area is 86.1 Å². The molecule has 0 aromatic heterocycles. The molecule has 0 radical (unpaired) electrons. The summed E-state index contributed by atoms with van der Waals surface area (Å²) in [5, 5.41) is 0. The molecule has 76 valence electrons. The Balaban J connectivity index is 2.56. The third-order valence-electron chi connectivity index (χ3n) is 3.12. The van der Waals surface area contributed by atoms with Crippen LogP contribution in [-0.2, 0) is 0 Å². The molecule has 0 saturated carbocycles. The summed E-state index contributed by atoms with van der Waals surface area (Å²) in [5.41, 5.74) is 4.32. The van der Waals surface area contributed by atoms with Gasteiger partial charge in [-0.1, -0.05) is 26.8 Å². The Morgan fingerprint density at radius 1 is 1.36 bits per heavy atom. The first kappa shape index (κ1) is 9.57. The molecular formula is C13H18O. The highest BCUT2D eigenvalue weighted by Crippen LogP contribution is 2.38. The van der Waals surface area contributed by atoms with Gasteiger partial charge in [0.2, 0.25) is 0 Å². The molecular weight excluding hydrogens is 172 g/mol. The van der Waals surface area contributed by atoms with Gasteiger partial charge in [-0.25, -0.2) is 0 Å². The molecule has 0 bridgehead atoms. The van der Waals surface area contributed by atoms with E-state index in [4.69, 9.17) is 4.74 Å². The number of ether oxygens (including phenoxy) is 1. The molecule has 14 heavy (non-hydrogen) atoms. The lowest BCUT2D eigenvalue weighted by Crippen LogP contribution is -1.98. The van der Waals surface area contributed by atoms with Crippen molar-refractivity contribution in [3.05, 3.63) is 28.8 Å². The van der Waals surface area contributed by atoms with Gasteiger partial charge in [0.25, 0.3) is 0 Å². The van der Waals surface area contributed by atoms with Gasteiger partial charge in [-0.15, -0.1) is 0 Å². The highest BCUT2D eigenvalue weighted by Gasteiger charge is 2.23. The Kier molecular flexibility index (Phi) is 2.26. The predicted octanol–water partition coefficient (Wildman–Crippen LogP) is 3.61. The summed E-state index contributed by atoms with van der Waals surface area (Å²) in [7, 11) is 0. The smallest absolute Gasteiger partial charge is 0.123 e. The van der Waals surface area contributed by atoms with Crippen molar-refractivity contribution in [3.8, 4) is 5.75 Å². The first-order chi connectivity index (χ1) is 6.61. The summed E-state index contributed by atoms with van der Waals surface area (Å²) in [6.07, 6.45) is 0. The fourth-order valence-electron chi connectivity index (χ4n) is 2.38. The van der Waals surface area contributed by atoms with Crippen molar-refractivity contribution < 1.29 is 4.74 Å². The van der Waals surface area contributed by atoms with Crippen molar-refractivity contribution in [2.45, 2.75) is 39.5 Å². The molecule has 1 aliphatic heterocycles. The molecule has 1 aliphatic rings. The Bertz CT molecular complexity index is 352. The van der Waals surface area contributed by atoms with Crippen LogP contribution in [0.3, 0.4) is 0 Å². The summed E-state index contributed by atoms with van der Waals surface area (Å²) in [6, 6.07) is 4.33. The van der Waals surface area contributed by atoms with Crippen molar-refractivity contribution in [3.63, 3.8) is 0 Å². The number of hydrogen-bond donors (Lipinski definition) is 0. The van der Waals surface area contributed by atoms with E-state index in [2.05, 4.69) is 39.8 Å². The third-order valence-corrected chi connectivity index (χ3v) is 3.12. The molecule has 1 aromatic carbocycles. The molecule has 0 fully saturated rings. The van der Waals surface area contributed by atoms with E-state index in [9.17, 15) is 0 Å². The van der Waals surface area contributed by atoms with E-state index in [0.29, 0.717) is 11.8 Å². The number of fused-ring (bicyclic) bond motifs is 1. The second-order valence-corrected chi connectivity index (χ2v) is 4.56. The van der Waals surface area contributed by atoms with E-state index in [1.165, 1.54) is 16.7 Å². The first-order valence-corrected chi connectivity index (χ1v) is 5.37. The molecule has 0 saturated heterocycles. The minimum atomic E-state index is 0.559. The second kappa shape index (κ2) is 3.30. The molecule has 0 spiro atoms. The quantitative estimate of drug-likeness (QED) is 0.657. The van der Waals surface area contributed by atoms with E-state index >= 15 is 0 Å². The SMILES string of the molecule is Cc1c(C(C)C)ccc2c1C(C)CO2. The minimum absolute atomic E-state index is 0.559. The molecule has 1 heteroatoms. The van der Waals surface area contributed by atoms with Crippen LogP contribution in [0.25, 0.3) is 0 Å². The lowest BCUT2D eigenvalue weighted by molar-refractivity contribution is 0.337. The van der Waals surface area contributed by atoms with Crippen LogP contribution in [0.2, 0.25) is 0 Å². The van der Waals surface area contributed by atoms with Gasteiger partial charge < -0.3 is 4.74 Å². The molecule has 0 N–H and O–H groups in total. The highest BCUT2D eigenvalue weighted by molar-refractivity contribution is 5.49. The van der Waals surface area contributed by atoms with Crippen LogP contribution in [0.5, 0.6) is 5.75 Å². The van der Waals surface area contributed by atoms with E-state index < -0.39 is 0 Å². The lowest BCUT2D eigenvalue weighted by Gasteiger charge is -2.14. The lowest BCUT2D eigenvalue weighted by atomic mass is 9.90. The van der Waals surface area contributed by atoms with Gasteiger partial charge in [-0.05, 0) is 30.0 Å². The van der Waals surface area contributed by atoms with Crippen LogP contribution in [0.4, 0.5) is 0 Å². The topological polar surface area (TPSA) is 9.23 Å². The molecule has 0 amide bonds. The second-order valence-electron chi connectivity index (χ2n) is 4.56. The van der Waals surface area contributed by atoms with Crippen LogP contribution >= 0.6 is 0 Å². The predicted molar refractivity (Wildman–Crippen MR) is 59.2 cm³/mol. The summed E-state index contributed by atoms with van der Waals surface area (Å²) in [6.45, 7) is 9.80. The molecule has 0 aliphatic carbocycles. The number of hydrogen-bond acceptors (Lipinski definition) is 1. The van der Waals surface area contributed by atoms with E-state index in [1.54, 1.807) is 0 Å². The Morgan fingerprint density at radius 2 is 2.07 bits per heavy atom. The zero-order valence-electron chi connectivity index (χ0n) is 9.42. The summed E-state index contributed by atoms with van der Waals surface area (Å²) < 4.78 is 5.63. The fourth-order valence-corrected chi connectivity index (χ4v) is 2.38. The van der Waals surface area contributed by atoms with Gasteiger partial charge in [-0.3, -0.25) is 0 Å². The minimum Gasteiger partial charge on any atom is -0.493 e. The van der Waals surface area contributed by atoms with Crippen molar-refractivity contribution >= 4 is 0 Å². The number of benzene rings is 1. The molecule has 1 unspecified atom stereocenters. The molecule has 1 aromatic rings. The fraction of sp³-hybridized carbons (Fsp3) is 0.538. The van der Waals surface area contributed by atoms with Gasteiger partial charge in [0.15, 0.2) is 0 Å². The van der Waals surface area contributed by atoms with Crippen LogP contribution in [-0.4, -0.2) is 6.61 Å². The van der Waals surface area contributed by atoms with Crippen molar-refractivity contribution in [1.82, 2.24) is 0 Å². The maximum absolute atomic E-state index is 5.63. The van der Waals surface area contributed by atoms with Crippen LogP contribution in [0.1, 0.15) is 49.3 Å². The normalized spacial score (nSPS) is 19.6. The van der Waals surface area contributed by atoms with Crippen LogP contribution in [0, 0.1) is 6.92 Å². The van der Waals surface area contributed by atoms with Gasteiger partial charge in [0, 0.05) is 11.5 Å². The summed E-state index contributed by atoms with van der Waals surface area (Å²) in [4.78, 5) is 0. The van der Waals surface area contributed by atoms with Gasteiger partial charge in [0.05, 0.1) is 6.61 Å². The van der Waals surface area contributed by atoms with E-state index in [0.717, 1.165) is 12.4 Å². The molecule has 1 nitrogen and oxygen atoms in total. The highest BCUT2D eigenvalue weighted by atomic mass is 16.5. The average Bonchev–Trinajstić information content (AvgIpc) is 2.48. The van der Waals surface area contributed by atoms with Gasteiger partial charge >= 0.3 is 0 Å². The molecule has 1 atom stereocenters. The average molecular weight is 190 g/mol. The summed E-state index contributed by atoms with van der Waals surface area (Å²) >= 11 is 0. The largest absolute Gasteiger partial charge is 0.493 e. The number of rotatable bonds is 1. The third kappa shape index (κ3) is 1.31. The zero-order valence-corrected chi connectivity index (χ0v) is 9.42. The van der Waals surface area contributed by atoms with E-state index in [-0.39, 0.29) is 0 Å². The van der Waals surface area contributed by atoms with Crippen molar-refractivity contribution in [2.24, 2.45) is 0 Å². The standard InChI is InChI=1S/C13H18O/c1-8(2)11-5-6-12-13(10(11)4)9(3)7-14-12/h5-6,8-9H,7H2,1-4H3. The zero-order chi connectivity index (χ0) is 10.3. The van der Waals surface area contributed by atoms with Gasteiger partial charge in [0.1, 0.15) is 5.75 Å². The first-order valence-electron chi connectivity index (χ1n) is 5.37. The Morgan fingerprint density at radius 3 is 2.71 bits per heavy atom. The maximum atomic E-state index is 5.63. The van der Waals surface area contributed by atoms with Crippen molar-refractivity contribution in [1.29, 1.82) is 0 Å². The van der Waals surface area contributed by atoms with E-state index in [1.807, 2.05) is 0 Å². The molecule has 2 rings (SSSR count). The maximum Gasteiger partial charge on any atom is 0.123 e. The van der Waals surface area contributed by atoms with Crippen molar-refractivity contribution in [2.75, 3.05) is 6.61 Å². The summed E-state index contributed by atoms with van der Waals surface area (Å²) in [5.74, 6) is 2.26.